The summed E-state index contributed by atoms with van der Waals surface area (Å²) in [4.78, 5) is 2.32. The monoisotopic (exact) mass is 155 g/mol. The van der Waals surface area contributed by atoms with Crippen molar-refractivity contribution in [2.45, 2.75) is 12.1 Å². The molecule has 4 heteroatoms. The summed E-state index contributed by atoms with van der Waals surface area (Å²) in [5, 5.41) is 11.8. The zero-order valence-corrected chi connectivity index (χ0v) is 6.40. The molecule has 2 rings (SSSR count). The second kappa shape index (κ2) is 2.42. The molecule has 54 valence electrons. The van der Waals surface area contributed by atoms with Crippen LogP contribution in [0, 0.1) is 11.3 Å². The fourth-order valence-electron chi connectivity index (χ4n) is 1.45. The highest BCUT2D eigenvalue weighted by atomic mass is 32.2. The highest BCUT2D eigenvalue weighted by Crippen LogP contribution is 2.25. The average Bonchev–Trinajstić information content (AvgIpc) is 2.44. The Kier molecular flexibility index (Phi) is 1.57. The van der Waals surface area contributed by atoms with Gasteiger partial charge in [0.25, 0.3) is 0 Å². The van der Waals surface area contributed by atoms with Gasteiger partial charge in [0.05, 0.1) is 12.7 Å². The van der Waals surface area contributed by atoms with E-state index in [9.17, 15) is 0 Å². The summed E-state index contributed by atoms with van der Waals surface area (Å²) in [5.41, 5.74) is 0. The van der Waals surface area contributed by atoms with Crippen molar-refractivity contribution in [2.24, 2.45) is 0 Å². The van der Waals surface area contributed by atoms with Crippen molar-refractivity contribution in [3.05, 3.63) is 0 Å². The third-order valence-electron chi connectivity index (χ3n) is 2.05. The smallest absolute Gasteiger partial charge is 0.113 e. The van der Waals surface area contributed by atoms with Crippen molar-refractivity contribution in [1.82, 2.24) is 10.2 Å². The Labute approximate surface area is 64.4 Å². The summed E-state index contributed by atoms with van der Waals surface area (Å²) < 4.78 is 0. The Morgan fingerprint density at radius 1 is 1.70 bits per heavy atom. The molecular formula is C6H9N3S. The van der Waals surface area contributed by atoms with E-state index in [-0.39, 0.29) is 6.04 Å². The van der Waals surface area contributed by atoms with Gasteiger partial charge in [-0.2, -0.15) is 5.26 Å². The van der Waals surface area contributed by atoms with Crippen LogP contribution >= 0.6 is 11.8 Å². The number of thioether (sulfide) groups is 1. The van der Waals surface area contributed by atoms with Crippen LogP contribution in [0.15, 0.2) is 0 Å². The average molecular weight is 155 g/mol. The molecule has 1 N–H and O–H groups in total. The molecule has 2 atom stereocenters. The Hall–Kier alpha value is -0.240. The molecule has 0 aliphatic carbocycles. The van der Waals surface area contributed by atoms with Gasteiger partial charge in [0.15, 0.2) is 0 Å². The number of fused-ring (bicyclic) bond motifs is 1. The van der Waals surface area contributed by atoms with Crippen LogP contribution in [-0.2, 0) is 0 Å². The van der Waals surface area contributed by atoms with Crippen molar-refractivity contribution in [1.29, 1.82) is 5.26 Å². The molecule has 0 aromatic rings. The maximum absolute atomic E-state index is 8.66. The SMILES string of the molecule is N#CC1NCN2CSCC12. The minimum atomic E-state index is 0.0787. The summed E-state index contributed by atoms with van der Waals surface area (Å²) in [6.45, 7) is 0.899. The maximum Gasteiger partial charge on any atom is 0.113 e. The fourth-order valence-corrected chi connectivity index (χ4v) is 2.71. The molecular weight excluding hydrogens is 146 g/mol. The first-order valence-corrected chi connectivity index (χ1v) is 4.52. The minimum absolute atomic E-state index is 0.0787. The standard InChI is InChI=1S/C6H9N3S/c7-1-5-6-2-10-4-9(6)3-8-5/h5-6,8H,2-4H2. The third kappa shape index (κ3) is 0.823. The van der Waals surface area contributed by atoms with Crippen LogP contribution in [0.3, 0.4) is 0 Å². The van der Waals surface area contributed by atoms with E-state index in [0.717, 1.165) is 18.3 Å². The number of nitrogens with zero attached hydrogens (tertiary/aromatic N) is 2. The molecule has 0 bridgehead atoms. The van der Waals surface area contributed by atoms with Crippen LogP contribution < -0.4 is 5.32 Å². The fraction of sp³-hybridized carbons (Fsp3) is 0.833. The van der Waals surface area contributed by atoms with Gasteiger partial charge in [-0.1, -0.05) is 0 Å². The Balaban J connectivity index is 2.10. The molecule has 2 aliphatic rings. The quantitative estimate of drug-likeness (QED) is 0.526. The van der Waals surface area contributed by atoms with Gasteiger partial charge in [-0.15, -0.1) is 11.8 Å². The highest BCUT2D eigenvalue weighted by molar-refractivity contribution is 7.99. The lowest BCUT2D eigenvalue weighted by molar-refractivity contribution is 0.334. The predicted octanol–water partition coefficient (Wildman–Crippen LogP) is -0.186. The van der Waals surface area contributed by atoms with Crippen molar-refractivity contribution in [2.75, 3.05) is 18.3 Å². The highest BCUT2D eigenvalue weighted by Gasteiger charge is 2.37. The number of hydrogen-bond donors (Lipinski definition) is 1. The van der Waals surface area contributed by atoms with Crippen LogP contribution in [0.5, 0.6) is 0 Å². The van der Waals surface area contributed by atoms with Crippen LogP contribution in [0.4, 0.5) is 0 Å². The first kappa shape index (κ1) is 6.47. The summed E-state index contributed by atoms with van der Waals surface area (Å²) in [6.07, 6.45) is 0. The van der Waals surface area contributed by atoms with Gasteiger partial charge in [-0.05, 0) is 0 Å². The van der Waals surface area contributed by atoms with Crippen LogP contribution in [0.2, 0.25) is 0 Å². The van der Waals surface area contributed by atoms with E-state index in [1.165, 1.54) is 0 Å². The number of rotatable bonds is 0. The normalized spacial score (nSPS) is 39.5. The molecule has 0 radical (unpaired) electrons. The van der Waals surface area contributed by atoms with E-state index in [2.05, 4.69) is 16.3 Å². The largest absolute Gasteiger partial charge is 0.288 e. The second-order valence-electron chi connectivity index (χ2n) is 2.63. The van der Waals surface area contributed by atoms with Crippen LogP contribution in [0.25, 0.3) is 0 Å². The number of hydrogen-bond acceptors (Lipinski definition) is 4. The summed E-state index contributed by atoms with van der Waals surface area (Å²) in [5.74, 6) is 2.21. The van der Waals surface area contributed by atoms with Gasteiger partial charge in [0, 0.05) is 17.7 Å². The third-order valence-corrected chi connectivity index (χ3v) is 3.14. The van der Waals surface area contributed by atoms with Crippen LogP contribution in [0.1, 0.15) is 0 Å². The van der Waals surface area contributed by atoms with Crippen LogP contribution in [-0.4, -0.2) is 35.3 Å². The molecule has 2 heterocycles. The van der Waals surface area contributed by atoms with E-state index in [1.807, 2.05) is 11.8 Å². The van der Waals surface area contributed by atoms with Crippen molar-refractivity contribution in [3.8, 4) is 6.07 Å². The molecule has 2 aliphatic heterocycles. The van der Waals surface area contributed by atoms with Gasteiger partial charge in [-0.25, -0.2) is 0 Å². The lowest BCUT2D eigenvalue weighted by atomic mass is 10.2. The first-order valence-electron chi connectivity index (χ1n) is 3.36. The molecule has 2 fully saturated rings. The Morgan fingerprint density at radius 2 is 2.60 bits per heavy atom. The van der Waals surface area contributed by atoms with Gasteiger partial charge in [0.1, 0.15) is 6.04 Å². The Morgan fingerprint density at radius 3 is 3.40 bits per heavy atom. The van der Waals surface area contributed by atoms with Crippen molar-refractivity contribution >= 4 is 11.8 Å². The molecule has 0 spiro atoms. The van der Waals surface area contributed by atoms with E-state index in [1.54, 1.807) is 0 Å². The number of nitriles is 1. The zero-order valence-electron chi connectivity index (χ0n) is 5.58. The predicted molar refractivity (Wildman–Crippen MR) is 40.4 cm³/mol. The van der Waals surface area contributed by atoms with Gasteiger partial charge in [-0.3, -0.25) is 10.2 Å². The summed E-state index contributed by atoms with van der Waals surface area (Å²) in [7, 11) is 0. The molecule has 0 aromatic carbocycles. The molecule has 0 saturated carbocycles. The maximum atomic E-state index is 8.66. The summed E-state index contributed by atoms with van der Waals surface area (Å²) in [6, 6.07) is 2.83. The van der Waals surface area contributed by atoms with E-state index < -0.39 is 0 Å². The topological polar surface area (TPSA) is 39.1 Å². The zero-order chi connectivity index (χ0) is 6.97. The number of nitrogens with one attached hydrogen (secondary N) is 1. The molecule has 3 nitrogen and oxygen atoms in total. The molecule has 0 amide bonds. The molecule has 2 unspecified atom stereocenters. The van der Waals surface area contributed by atoms with Gasteiger partial charge >= 0.3 is 0 Å². The lowest BCUT2D eigenvalue weighted by Gasteiger charge is -2.11. The van der Waals surface area contributed by atoms with E-state index in [4.69, 9.17) is 5.26 Å². The van der Waals surface area contributed by atoms with Gasteiger partial charge in [0.2, 0.25) is 0 Å². The Bertz CT molecular complexity index is 176. The molecule has 10 heavy (non-hydrogen) atoms. The minimum Gasteiger partial charge on any atom is -0.288 e. The first-order chi connectivity index (χ1) is 4.92. The van der Waals surface area contributed by atoms with Crippen molar-refractivity contribution in [3.63, 3.8) is 0 Å². The lowest BCUT2D eigenvalue weighted by Crippen LogP contribution is -2.32. The summed E-state index contributed by atoms with van der Waals surface area (Å²) >= 11 is 1.92. The van der Waals surface area contributed by atoms with E-state index in [0.29, 0.717) is 6.04 Å². The van der Waals surface area contributed by atoms with Gasteiger partial charge < -0.3 is 0 Å². The molecule has 2 saturated heterocycles. The second-order valence-corrected chi connectivity index (χ2v) is 3.62. The van der Waals surface area contributed by atoms with Crippen molar-refractivity contribution < 1.29 is 0 Å². The molecule has 0 aromatic heterocycles. The van der Waals surface area contributed by atoms with E-state index >= 15 is 0 Å².